The van der Waals surface area contributed by atoms with E-state index in [9.17, 15) is 14.7 Å². The summed E-state index contributed by atoms with van der Waals surface area (Å²) in [6, 6.07) is 0. The normalized spacial score (nSPS) is 46.8. The van der Waals surface area contributed by atoms with Crippen molar-refractivity contribution in [3.05, 3.63) is 23.8 Å². The summed E-state index contributed by atoms with van der Waals surface area (Å²) in [5.41, 5.74) is 0.981. The molecule has 0 aromatic rings. The van der Waals surface area contributed by atoms with Gasteiger partial charge in [-0.05, 0) is 30.1 Å². The number of aliphatic carboxylic acids is 1. The number of hydrogen-bond donors (Lipinski definition) is 1. The van der Waals surface area contributed by atoms with Gasteiger partial charge in [0.25, 0.3) is 0 Å². The third-order valence-corrected chi connectivity index (χ3v) is 7.42. The zero-order chi connectivity index (χ0) is 16.9. The zero-order valence-electron chi connectivity index (χ0n) is 14.1. The van der Waals surface area contributed by atoms with Gasteiger partial charge in [-0.1, -0.05) is 37.6 Å². The number of nitrogens with zero attached hydrogens (tertiary/aromatic N) is 1. The Balaban J connectivity index is 1.40. The van der Waals surface area contributed by atoms with Crippen LogP contribution in [0.25, 0.3) is 0 Å². The van der Waals surface area contributed by atoms with Gasteiger partial charge in [0, 0.05) is 6.54 Å². The van der Waals surface area contributed by atoms with Gasteiger partial charge in [0.2, 0.25) is 5.91 Å². The van der Waals surface area contributed by atoms with Crippen LogP contribution in [0.4, 0.5) is 0 Å². The van der Waals surface area contributed by atoms with Gasteiger partial charge in [0.05, 0.1) is 18.6 Å². The number of ether oxygens (including phenoxy) is 1. The first-order valence-corrected chi connectivity index (χ1v) is 8.91. The molecule has 128 valence electrons. The van der Waals surface area contributed by atoms with Crippen molar-refractivity contribution in [1.29, 1.82) is 0 Å². The Morgan fingerprint density at radius 2 is 2.25 bits per heavy atom. The van der Waals surface area contributed by atoms with Crippen molar-refractivity contribution >= 4 is 11.9 Å². The maximum Gasteiger partial charge on any atom is 0.310 e. The lowest BCUT2D eigenvalue weighted by Crippen LogP contribution is -2.50. The van der Waals surface area contributed by atoms with Crippen LogP contribution in [-0.4, -0.2) is 46.7 Å². The number of likely N-dealkylation sites (tertiary alicyclic amines) is 1. The topological polar surface area (TPSA) is 66.8 Å². The Hall–Kier alpha value is -1.62. The fraction of sp³-hybridized carbons (Fsp3) is 0.684. The van der Waals surface area contributed by atoms with Crippen LogP contribution in [0.1, 0.15) is 26.7 Å². The first-order chi connectivity index (χ1) is 11.3. The van der Waals surface area contributed by atoms with E-state index in [4.69, 9.17) is 4.74 Å². The number of carboxylic acid groups (broad SMARTS) is 1. The van der Waals surface area contributed by atoms with E-state index in [-0.39, 0.29) is 5.91 Å². The Bertz CT molecular complexity index is 708. The van der Waals surface area contributed by atoms with Crippen molar-refractivity contribution in [2.75, 3.05) is 13.1 Å². The highest BCUT2D eigenvalue weighted by atomic mass is 16.5. The number of fused-ring (bicyclic) bond motifs is 2. The molecule has 0 aromatic carbocycles. The summed E-state index contributed by atoms with van der Waals surface area (Å²) < 4.78 is 5.95. The standard InChI is InChI=1S/C19H23NO4/c1-18(2)11-4-3-10(12(18)7-11)8-20-9-19-6-5-13(24-19)14(17(22)23)15(19)16(20)21/h3,5-6,11-15H,4,7-9H2,1-2H3,(H,22,23)/t11-,12-,13-,14-,15-,19+/m0/s1. The van der Waals surface area contributed by atoms with Crippen LogP contribution in [0.2, 0.25) is 0 Å². The molecule has 1 N–H and O–H groups in total. The molecule has 2 saturated heterocycles. The van der Waals surface area contributed by atoms with Crippen LogP contribution in [0, 0.1) is 29.1 Å². The van der Waals surface area contributed by atoms with Crippen LogP contribution in [0.5, 0.6) is 0 Å². The van der Waals surface area contributed by atoms with E-state index in [1.54, 1.807) is 0 Å². The fourth-order valence-corrected chi connectivity index (χ4v) is 5.87. The van der Waals surface area contributed by atoms with Crippen molar-refractivity contribution < 1.29 is 19.4 Å². The molecule has 3 aliphatic heterocycles. The highest BCUT2D eigenvalue weighted by Gasteiger charge is 2.67. The predicted molar refractivity (Wildman–Crippen MR) is 86.0 cm³/mol. The van der Waals surface area contributed by atoms with E-state index in [1.165, 1.54) is 12.0 Å². The third-order valence-electron chi connectivity index (χ3n) is 7.42. The van der Waals surface area contributed by atoms with Gasteiger partial charge in [0.1, 0.15) is 11.5 Å². The van der Waals surface area contributed by atoms with Crippen LogP contribution < -0.4 is 0 Å². The van der Waals surface area contributed by atoms with Gasteiger partial charge in [0.15, 0.2) is 0 Å². The molecule has 6 atom stereocenters. The van der Waals surface area contributed by atoms with Gasteiger partial charge < -0.3 is 14.7 Å². The van der Waals surface area contributed by atoms with Crippen molar-refractivity contribution in [3.8, 4) is 0 Å². The lowest BCUT2D eigenvalue weighted by Gasteiger charge is -2.56. The molecule has 5 nitrogen and oxygen atoms in total. The fourth-order valence-electron chi connectivity index (χ4n) is 5.87. The first kappa shape index (κ1) is 14.7. The van der Waals surface area contributed by atoms with Crippen LogP contribution in [0.15, 0.2) is 23.8 Å². The van der Waals surface area contributed by atoms with Gasteiger partial charge in [-0.2, -0.15) is 0 Å². The maximum atomic E-state index is 13.0. The predicted octanol–water partition coefficient (Wildman–Crippen LogP) is 1.85. The number of carbonyl (C=O) groups is 2. The number of allylic oxidation sites excluding steroid dienone is 1. The van der Waals surface area contributed by atoms with E-state index in [2.05, 4.69) is 19.9 Å². The summed E-state index contributed by atoms with van der Waals surface area (Å²) >= 11 is 0. The molecule has 4 bridgehead atoms. The van der Waals surface area contributed by atoms with Gasteiger partial charge in [-0.25, -0.2) is 0 Å². The van der Waals surface area contributed by atoms with Crippen LogP contribution in [-0.2, 0) is 14.3 Å². The molecular weight excluding hydrogens is 306 g/mol. The van der Waals surface area contributed by atoms with Crippen molar-refractivity contribution in [2.24, 2.45) is 29.1 Å². The Morgan fingerprint density at radius 1 is 1.46 bits per heavy atom. The summed E-state index contributed by atoms with van der Waals surface area (Å²) in [6.07, 6.45) is 7.95. The number of rotatable bonds is 3. The number of hydrogen-bond acceptors (Lipinski definition) is 3. The lowest BCUT2D eigenvalue weighted by molar-refractivity contribution is -0.148. The van der Waals surface area contributed by atoms with E-state index >= 15 is 0 Å². The summed E-state index contributed by atoms with van der Waals surface area (Å²) in [5, 5.41) is 9.53. The second-order valence-electron chi connectivity index (χ2n) is 8.75. The third kappa shape index (κ3) is 1.59. The summed E-state index contributed by atoms with van der Waals surface area (Å²) in [5.74, 6) is -0.934. The molecule has 0 radical (unpaired) electrons. The molecule has 3 aliphatic carbocycles. The molecule has 3 fully saturated rings. The smallest absolute Gasteiger partial charge is 0.310 e. The van der Waals surface area contributed by atoms with Crippen molar-refractivity contribution in [3.63, 3.8) is 0 Å². The second-order valence-corrected chi connectivity index (χ2v) is 8.75. The summed E-state index contributed by atoms with van der Waals surface area (Å²) in [6.45, 7) is 5.77. The summed E-state index contributed by atoms with van der Waals surface area (Å²) in [4.78, 5) is 26.4. The minimum Gasteiger partial charge on any atom is -0.481 e. The minimum atomic E-state index is -0.925. The minimum absolute atomic E-state index is 0.0468. The average molecular weight is 329 g/mol. The molecular formula is C19H23NO4. The molecule has 0 unspecified atom stereocenters. The number of carboxylic acids is 1. The average Bonchev–Trinajstić information content (AvgIpc) is 3.16. The van der Waals surface area contributed by atoms with Gasteiger partial charge in [-0.15, -0.1) is 0 Å². The lowest BCUT2D eigenvalue weighted by atomic mass is 9.49. The number of amides is 1. The highest BCUT2D eigenvalue weighted by Crippen LogP contribution is 2.60. The van der Waals surface area contributed by atoms with Gasteiger partial charge >= 0.3 is 5.97 Å². The molecule has 6 aliphatic rings. The van der Waals surface area contributed by atoms with Crippen molar-refractivity contribution in [2.45, 2.75) is 38.4 Å². The zero-order valence-corrected chi connectivity index (χ0v) is 14.1. The Kier molecular flexibility index (Phi) is 2.64. The Morgan fingerprint density at radius 3 is 2.92 bits per heavy atom. The largest absolute Gasteiger partial charge is 0.481 e. The monoisotopic (exact) mass is 329 g/mol. The summed E-state index contributed by atoms with van der Waals surface area (Å²) in [7, 11) is 0. The molecule has 6 rings (SSSR count). The maximum absolute atomic E-state index is 13.0. The second kappa shape index (κ2) is 4.31. The van der Waals surface area contributed by atoms with E-state index in [0.29, 0.717) is 24.4 Å². The molecule has 1 spiro atoms. The molecule has 5 heteroatoms. The quantitative estimate of drug-likeness (QED) is 0.803. The highest BCUT2D eigenvalue weighted by molar-refractivity contribution is 5.90. The van der Waals surface area contributed by atoms with Gasteiger partial charge in [-0.3, -0.25) is 9.59 Å². The molecule has 1 amide bonds. The molecule has 1 saturated carbocycles. The first-order valence-electron chi connectivity index (χ1n) is 8.91. The van der Waals surface area contributed by atoms with E-state index in [0.717, 1.165) is 12.3 Å². The molecule has 24 heavy (non-hydrogen) atoms. The molecule has 3 heterocycles. The van der Waals surface area contributed by atoms with Crippen molar-refractivity contribution in [1.82, 2.24) is 4.90 Å². The Labute approximate surface area is 141 Å². The van der Waals surface area contributed by atoms with E-state index in [1.807, 2.05) is 17.1 Å². The van der Waals surface area contributed by atoms with Crippen LogP contribution >= 0.6 is 0 Å². The van der Waals surface area contributed by atoms with E-state index < -0.39 is 29.5 Å². The SMILES string of the molecule is CC1(C)[C@H]2CC=C(CN3C[C@@]45C=C[C@H](O4)[C@H](C(=O)O)[C@H]5C3=O)[C@@H]1C2. The molecule has 0 aromatic heterocycles. The number of carbonyl (C=O) groups excluding carboxylic acids is 1. The van der Waals surface area contributed by atoms with Crippen LogP contribution in [0.3, 0.4) is 0 Å².